The molecule has 3 aromatic carbocycles. The number of fused-ring (bicyclic) bond motifs is 1. The molecule has 1 aliphatic heterocycles. The molecule has 8 nitrogen and oxygen atoms in total. The van der Waals surface area contributed by atoms with Crippen LogP contribution in [0.1, 0.15) is 34.5 Å². The van der Waals surface area contributed by atoms with Gasteiger partial charge in [0, 0.05) is 25.7 Å². The molecule has 1 aromatic heterocycles. The van der Waals surface area contributed by atoms with E-state index < -0.39 is 63.9 Å². The van der Waals surface area contributed by atoms with E-state index in [0.717, 1.165) is 27.3 Å². The molecular weight excluding hydrogens is 628 g/mol. The second-order valence-corrected chi connectivity index (χ2v) is 12.2. The van der Waals surface area contributed by atoms with E-state index >= 15 is 0 Å². The zero-order valence-corrected chi connectivity index (χ0v) is 24.5. The van der Waals surface area contributed by atoms with Crippen LogP contribution in [-0.4, -0.2) is 43.2 Å². The number of rotatable bonds is 9. The highest BCUT2D eigenvalue weighted by atomic mass is 32.2. The number of carbonyl (C=O) groups is 1. The molecule has 0 radical (unpaired) electrons. The molecule has 1 aliphatic rings. The maximum absolute atomic E-state index is 14.3. The van der Waals surface area contributed by atoms with Crippen LogP contribution in [0.25, 0.3) is 11.1 Å². The quantitative estimate of drug-likeness (QED) is 0.146. The van der Waals surface area contributed by atoms with Crippen molar-refractivity contribution in [2.45, 2.75) is 43.6 Å². The van der Waals surface area contributed by atoms with Gasteiger partial charge in [-0.05, 0) is 66.4 Å². The Morgan fingerprint density at radius 2 is 1.84 bits per heavy atom. The van der Waals surface area contributed by atoms with Gasteiger partial charge in [-0.1, -0.05) is 18.2 Å². The first kappa shape index (κ1) is 31.9. The maximum Gasteiger partial charge on any atom is 0.435 e. The van der Waals surface area contributed by atoms with Crippen molar-refractivity contribution in [3.63, 3.8) is 0 Å². The van der Waals surface area contributed by atoms with E-state index in [0.29, 0.717) is 5.56 Å². The molecule has 0 saturated heterocycles. The van der Waals surface area contributed by atoms with Crippen LogP contribution in [0, 0.1) is 12.7 Å². The topological polar surface area (TPSA) is 90.7 Å². The zero-order chi connectivity index (χ0) is 32.7. The van der Waals surface area contributed by atoms with Crippen LogP contribution < -0.4 is 13.8 Å². The Bertz CT molecular complexity index is 1860. The van der Waals surface area contributed by atoms with Crippen LogP contribution in [0.2, 0.25) is 0 Å². The molecule has 15 heteroatoms. The van der Waals surface area contributed by atoms with Gasteiger partial charge in [0.1, 0.15) is 23.4 Å². The third-order valence-electron chi connectivity index (χ3n) is 6.99. The number of aryl methyl sites for hydroxylation is 2. The fourth-order valence-electron chi connectivity index (χ4n) is 5.00. The van der Waals surface area contributed by atoms with E-state index in [9.17, 15) is 39.6 Å². The Balaban J connectivity index is 1.50. The number of nitrogens with zero attached hydrogens (tertiary/aromatic N) is 3. The highest BCUT2D eigenvalue weighted by molar-refractivity contribution is 7.92. The maximum atomic E-state index is 14.3. The number of carbonyl (C=O) groups excluding carboxylic acids is 1. The normalized spacial score (nSPS) is 15.1. The van der Waals surface area contributed by atoms with Crippen LogP contribution in [0.3, 0.4) is 0 Å². The number of ether oxygens (including phenoxy) is 2. The van der Waals surface area contributed by atoms with E-state index in [4.69, 9.17) is 4.74 Å². The minimum Gasteiger partial charge on any atom is -0.486 e. The first-order valence-electron chi connectivity index (χ1n) is 13.4. The van der Waals surface area contributed by atoms with Crippen LogP contribution >= 0.6 is 0 Å². The highest BCUT2D eigenvalue weighted by Gasteiger charge is 2.40. The van der Waals surface area contributed by atoms with Crippen molar-refractivity contribution < 1.29 is 49.0 Å². The molecule has 4 aromatic rings. The molecule has 0 saturated carbocycles. The van der Waals surface area contributed by atoms with E-state index in [1.54, 1.807) is 19.1 Å². The van der Waals surface area contributed by atoms with E-state index in [1.165, 1.54) is 43.4 Å². The minimum atomic E-state index is -4.85. The van der Waals surface area contributed by atoms with Gasteiger partial charge in [-0.15, -0.1) is 0 Å². The zero-order valence-electron chi connectivity index (χ0n) is 23.7. The van der Waals surface area contributed by atoms with E-state index in [1.807, 2.05) is 0 Å². The number of Topliss-reactive ketones (excluding diaryl/α,β-unsaturated/α-hetero) is 1. The van der Waals surface area contributed by atoms with Crippen molar-refractivity contribution in [1.29, 1.82) is 0 Å². The molecule has 1 atom stereocenters. The molecule has 0 unspecified atom stereocenters. The van der Waals surface area contributed by atoms with Gasteiger partial charge in [0.2, 0.25) is 0 Å². The Morgan fingerprint density at radius 1 is 1.09 bits per heavy atom. The van der Waals surface area contributed by atoms with Gasteiger partial charge < -0.3 is 9.47 Å². The first-order valence-corrected chi connectivity index (χ1v) is 14.9. The summed E-state index contributed by atoms with van der Waals surface area (Å²) >= 11 is 0. The average Bonchev–Trinajstić information content (AvgIpc) is 3.37. The molecule has 238 valence electrons. The van der Waals surface area contributed by atoms with Gasteiger partial charge in [0.25, 0.3) is 10.0 Å². The lowest BCUT2D eigenvalue weighted by Gasteiger charge is -2.36. The number of aromatic nitrogens is 2. The summed E-state index contributed by atoms with van der Waals surface area (Å²) in [4.78, 5) is 12.8. The second kappa shape index (κ2) is 12.1. The van der Waals surface area contributed by atoms with Crippen molar-refractivity contribution in [1.82, 2.24) is 9.78 Å². The lowest BCUT2D eigenvalue weighted by Crippen LogP contribution is -2.43. The summed E-state index contributed by atoms with van der Waals surface area (Å²) in [5.74, 6) is -2.09. The summed E-state index contributed by atoms with van der Waals surface area (Å²) in [5, 5.41) is 3.35. The van der Waals surface area contributed by atoms with Gasteiger partial charge in [0.15, 0.2) is 11.5 Å². The molecule has 2 heterocycles. The molecule has 0 spiro atoms. The monoisotopic (exact) mass is 653 g/mol. The van der Waals surface area contributed by atoms with Gasteiger partial charge in [-0.3, -0.25) is 13.8 Å². The summed E-state index contributed by atoms with van der Waals surface area (Å²) in [7, 11) is -3.01. The minimum absolute atomic E-state index is 0.0452. The fourth-order valence-corrected chi connectivity index (χ4v) is 6.61. The molecule has 5 rings (SSSR count). The first-order chi connectivity index (χ1) is 21.1. The molecule has 0 amide bonds. The predicted octanol–water partition coefficient (Wildman–Crippen LogP) is 6.77. The summed E-state index contributed by atoms with van der Waals surface area (Å²) in [6.45, 7) is -1.81. The van der Waals surface area contributed by atoms with E-state index in [-0.39, 0.29) is 40.4 Å². The van der Waals surface area contributed by atoms with Crippen molar-refractivity contribution >= 4 is 21.5 Å². The van der Waals surface area contributed by atoms with Crippen LogP contribution in [-0.2, 0) is 23.2 Å². The number of hydrogen-bond donors (Lipinski definition) is 0. The van der Waals surface area contributed by atoms with E-state index in [2.05, 4.69) is 9.84 Å². The number of ketones is 1. The molecular formula is C30H25F6N3O5S. The number of alkyl halides is 5. The molecule has 0 N–H and O–H groups in total. The van der Waals surface area contributed by atoms with Gasteiger partial charge in [-0.25, -0.2) is 12.8 Å². The van der Waals surface area contributed by atoms with Gasteiger partial charge in [-0.2, -0.15) is 27.1 Å². The fraction of sp³-hybridized carbons (Fsp3) is 0.267. The van der Waals surface area contributed by atoms with Crippen LogP contribution in [0.4, 0.5) is 32.0 Å². The molecule has 0 bridgehead atoms. The third kappa shape index (κ3) is 6.92. The van der Waals surface area contributed by atoms with Crippen molar-refractivity contribution in [3.05, 3.63) is 89.5 Å². The standard InChI is InChI=1S/C30H25F6N3O5S/c1-17-4-3-5-23(10-17)45(41,42)39-15-21(7-8-26(40)24-16-38(2)37-28(24)30(34,35)36)43-27-9-6-18(13-25(27)39)19-11-20(31)14-22(12-19)44-29(32)33/h3-6,9-14,16,21,29H,7-8,15H2,1-2H3/t21-/m0/s1. The lowest BCUT2D eigenvalue weighted by molar-refractivity contribution is -0.141. The summed E-state index contributed by atoms with van der Waals surface area (Å²) in [5.41, 5.74) is -0.857. The predicted molar refractivity (Wildman–Crippen MR) is 150 cm³/mol. The number of hydrogen-bond acceptors (Lipinski definition) is 6. The summed E-state index contributed by atoms with van der Waals surface area (Å²) < 4.78 is 120. The Morgan fingerprint density at radius 3 is 2.53 bits per heavy atom. The van der Waals surface area contributed by atoms with Gasteiger partial charge in [0.05, 0.1) is 22.7 Å². The number of benzene rings is 3. The molecule has 0 aliphatic carbocycles. The third-order valence-corrected chi connectivity index (χ3v) is 8.76. The second-order valence-electron chi connectivity index (χ2n) is 10.4. The van der Waals surface area contributed by atoms with Crippen LogP contribution in [0.5, 0.6) is 11.5 Å². The van der Waals surface area contributed by atoms with Crippen molar-refractivity contribution in [2.24, 2.45) is 7.05 Å². The summed E-state index contributed by atoms with van der Waals surface area (Å²) in [6, 6.07) is 13.4. The number of sulfonamides is 1. The number of anilines is 1. The molecule has 45 heavy (non-hydrogen) atoms. The SMILES string of the molecule is Cc1cccc(S(=O)(=O)N2C[C@H](CCC(=O)c3cn(C)nc3C(F)(F)F)Oc3ccc(-c4cc(F)cc(OC(F)F)c4)cc32)c1. The van der Waals surface area contributed by atoms with Crippen LogP contribution in [0.15, 0.2) is 71.8 Å². The smallest absolute Gasteiger partial charge is 0.435 e. The summed E-state index contributed by atoms with van der Waals surface area (Å²) in [6.07, 6.45) is -5.36. The largest absolute Gasteiger partial charge is 0.486 e. The Hall–Kier alpha value is -4.53. The lowest BCUT2D eigenvalue weighted by atomic mass is 10.0. The Kier molecular flexibility index (Phi) is 8.58. The van der Waals surface area contributed by atoms with Crippen molar-refractivity contribution in [2.75, 3.05) is 10.8 Å². The molecule has 0 fully saturated rings. The van der Waals surface area contributed by atoms with Gasteiger partial charge >= 0.3 is 12.8 Å². The Labute approximate surface area is 253 Å². The average molecular weight is 654 g/mol. The van der Waals surface area contributed by atoms with Crippen molar-refractivity contribution in [3.8, 4) is 22.6 Å². The highest BCUT2D eigenvalue weighted by Crippen LogP contribution is 2.41. The number of halogens is 6.